The van der Waals surface area contributed by atoms with Crippen LogP contribution in [0.1, 0.15) is 27.2 Å². The molecule has 0 fully saturated rings. The molecule has 114 valence electrons. The lowest BCUT2D eigenvalue weighted by Gasteiger charge is -2.25. The lowest BCUT2D eigenvalue weighted by atomic mass is 10.4. The van der Waals surface area contributed by atoms with Gasteiger partial charge in [-0.05, 0) is 38.5 Å². The van der Waals surface area contributed by atoms with Crippen LogP contribution in [-0.4, -0.2) is 33.7 Å². The van der Waals surface area contributed by atoms with Gasteiger partial charge in [-0.1, -0.05) is 13.0 Å². The van der Waals surface area contributed by atoms with E-state index in [1.54, 1.807) is 13.8 Å². The lowest BCUT2D eigenvalue weighted by Crippen LogP contribution is -2.37. The second-order valence-electron chi connectivity index (χ2n) is 4.62. The van der Waals surface area contributed by atoms with Gasteiger partial charge in [0.05, 0.1) is 9.79 Å². The average molecular weight is 340 g/mol. The molecule has 0 heterocycles. The van der Waals surface area contributed by atoms with E-state index in [2.05, 4.69) is 0 Å². The third kappa shape index (κ3) is 3.94. The summed E-state index contributed by atoms with van der Waals surface area (Å²) in [4.78, 5) is -0.290. The number of halogens is 1. The van der Waals surface area contributed by atoms with Crippen molar-refractivity contribution in [3.63, 3.8) is 0 Å². The number of rotatable bonds is 6. The van der Waals surface area contributed by atoms with E-state index in [1.807, 2.05) is 6.92 Å². The van der Waals surface area contributed by atoms with Crippen LogP contribution in [-0.2, 0) is 19.1 Å². The molecule has 0 aliphatic rings. The van der Waals surface area contributed by atoms with E-state index >= 15 is 0 Å². The van der Waals surface area contributed by atoms with Gasteiger partial charge in [0.25, 0.3) is 9.05 Å². The molecule has 0 saturated heterocycles. The molecule has 1 aromatic rings. The predicted molar refractivity (Wildman–Crippen MR) is 78.8 cm³/mol. The molecule has 0 amide bonds. The van der Waals surface area contributed by atoms with Crippen molar-refractivity contribution in [3.05, 3.63) is 24.3 Å². The summed E-state index contributed by atoms with van der Waals surface area (Å²) >= 11 is 0. The van der Waals surface area contributed by atoms with Crippen molar-refractivity contribution in [2.24, 2.45) is 0 Å². The van der Waals surface area contributed by atoms with Gasteiger partial charge < -0.3 is 0 Å². The zero-order valence-electron chi connectivity index (χ0n) is 11.6. The van der Waals surface area contributed by atoms with Gasteiger partial charge >= 0.3 is 0 Å². The number of benzene rings is 1. The first-order valence-corrected chi connectivity index (χ1v) is 9.92. The van der Waals surface area contributed by atoms with Gasteiger partial charge in [0.15, 0.2) is 0 Å². The topological polar surface area (TPSA) is 71.5 Å². The van der Waals surface area contributed by atoms with Crippen molar-refractivity contribution in [1.29, 1.82) is 0 Å². The highest BCUT2D eigenvalue weighted by Gasteiger charge is 2.27. The lowest BCUT2D eigenvalue weighted by molar-refractivity contribution is 0.354. The minimum Gasteiger partial charge on any atom is -0.207 e. The van der Waals surface area contributed by atoms with E-state index in [1.165, 1.54) is 22.5 Å². The first-order valence-electron chi connectivity index (χ1n) is 6.17. The summed E-state index contributed by atoms with van der Waals surface area (Å²) in [5.41, 5.74) is 0. The van der Waals surface area contributed by atoms with E-state index in [0.29, 0.717) is 13.0 Å². The molecule has 1 rings (SSSR count). The van der Waals surface area contributed by atoms with Crippen LogP contribution < -0.4 is 0 Å². The number of hydrogen-bond donors (Lipinski definition) is 0. The van der Waals surface area contributed by atoms with Gasteiger partial charge in [-0.15, -0.1) is 0 Å². The van der Waals surface area contributed by atoms with Crippen LogP contribution in [0.15, 0.2) is 34.1 Å². The minimum atomic E-state index is -3.95. The molecular formula is C12H18ClNO4S2. The zero-order chi connectivity index (χ0) is 15.6. The molecule has 0 saturated carbocycles. The summed E-state index contributed by atoms with van der Waals surface area (Å²) in [6.07, 6.45) is 0.672. The van der Waals surface area contributed by atoms with Crippen molar-refractivity contribution in [2.45, 2.75) is 43.0 Å². The smallest absolute Gasteiger partial charge is 0.207 e. The summed E-state index contributed by atoms with van der Waals surface area (Å²) in [6, 6.07) is 4.87. The Morgan fingerprint density at radius 1 is 1.15 bits per heavy atom. The highest BCUT2D eigenvalue weighted by atomic mass is 35.7. The van der Waals surface area contributed by atoms with E-state index in [4.69, 9.17) is 10.7 Å². The SMILES string of the molecule is CCCN(C(C)C)S(=O)(=O)c1cccc(S(=O)(=O)Cl)c1. The summed E-state index contributed by atoms with van der Waals surface area (Å²) in [5.74, 6) is 0. The Balaban J connectivity index is 3.35. The van der Waals surface area contributed by atoms with Crippen molar-refractivity contribution >= 4 is 29.8 Å². The summed E-state index contributed by atoms with van der Waals surface area (Å²) in [7, 11) is -2.44. The Hall–Kier alpha value is -0.630. The Morgan fingerprint density at radius 2 is 1.70 bits per heavy atom. The Labute approximate surface area is 125 Å². The summed E-state index contributed by atoms with van der Waals surface area (Å²) in [6.45, 7) is 5.80. The van der Waals surface area contributed by atoms with Crippen molar-refractivity contribution in [1.82, 2.24) is 4.31 Å². The van der Waals surface area contributed by atoms with Crippen LogP contribution in [0.5, 0.6) is 0 Å². The average Bonchev–Trinajstić information content (AvgIpc) is 2.34. The van der Waals surface area contributed by atoms with Gasteiger partial charge in [0.1, 0.15) is 0 Å². The Bertz CT molecular complexity index is 668. The van der Waals surface area contributed by atoms with Gasteiger partial charge in [-0.3, -0.25) is 0 Å². The molecule has 20 heavy (non-hydrogen) atoms. The fourth-order valence-corrected chi connectivity index (χ4v) is 4.44. The van der Waals surface area contributed by atoms with Crippen LogP contribution in [0.25, 0.3) is 0 Å². The fourth-order valence-electron chi connectivity index (χ4n) is 1.80. The molecule has 0 N–H and O–H groups in total. The normalized spacial score (nSPS) is 13.1. The Morgan fingerprint density at radius 3 is 2.15 bits per heavy atom. The van der Waals surface area contributed by atoms with Crippen LogP contribution in [0.3, 0.4) is 0 Å². The molecule has 0 unspecified atom stereocenters. The minimum absolute atomic E-state index is 0.0682. The first kappa shape index (κ1) is 17.4. The maximum Gasteiger partial charge on any atom is 0.261 e. The molecule has 8 heteroatoms. The molecule has 0 bridgehead atoms. The van der Waals surface area contributed by atoms with Gasteiger partial charge in [-0.2, -0.15) is 4.31 Å². The molecule has 5 nitrogen and oxygen atoms in total. The molecule has 0 aromatic heterocycles. The molecule has 0 atom stereocenters. The van der Waals surface area contributed by atoms with Crippen molar-refractivity contribution < 1.29 is 16.8 Å². The number of sulfonamides is 1. The van der Waals surface area contributed by atoms with Crippen molar-refractivity contribution in [2.75, 3.05) is 6.54 Å². The second kappa shape index (κ2) is 6.43. The highest BCUT2D eigenvalue weighted by molar-refractivity contribution is 8.13. The van der Waals surface area contributed by atoms with E-state index in [0.717, 1.165) is 6.07 Å². The van der Waals surface area contributed by atoms with Crippen LogP contribution in [0.2, 0.25) is 0 Å². The maximum absolute atomic E-state index is 12.5. The van der Waals surface area contributed by atoms with Crippen LogP contribution in [0, 0.1) is 0 Å². The molecule has 0 spiro atoms. The maximum atomic E-state index is 12.5. The summed E-state index contributed by atoms with van der Waals surface area (Å²) < 4.78 is 49.0. The highest BCUT2D eigenvalue weighted by Crippen LogP contribution is 2.23. The Kier molecular flexibility index (Phi) is 5.60. The van der Waals surface area contributed by atoms with Gasteiger partial charge in [0, 0.05) is 23.3 Å². The third-order valence-electron chi connectivity index (χ3n) is 2.71. The second-order valence-corrected chi connectivity index (χ2v) is 9.08. The van der Waals surface area contributed by atoms with E-state index in [9.17, 15) is 16.8 Å². The van der Waals surface area contributed by atoms with E-state index < -0.39 is 19.1 Å². The molecule has 0 aliphatic carbocycles. The molecule has 0 radical (unpaired) electrons. The van der Waals surface area contributed by atoms with Gasteiger partial charge in [0.2, 0.25) is 10.0 Å². The van der Waals surface area contributed by atoms with Crippen molar-refractivity contribution in [3.8, 4) is 0 Å². The van der Waals surface area contributed by atoms with Crippen LogP contribution >= 0.6 is 10.7 Å². The number of hydrogen-bond acceptors (Lipinski definition) is 4. The zero-order valence-corrected chi connectivity index (χ0v) is 14.0. The predicted octanol–water partition coefficient (Wildman–Crippen LogP) is 2.42. The van der Waals surface area contributed by atoms with Crippen LogP contribution in [0.4, 0.5) is 0 Å². The standard InChI is InChI=1S/C12H18ClNO4S2/c1-4-8-14(10(2)3)20(17,18)12-7-5-6-11(9-12)19(13,15)16/h5-7,9-10H,4,8H2,1-3H3. The molecule has 0 aliphatic heterocycles. The first-order chi connectivity index (χ1) is 9.10. The van der Waals surface area contributed by atoms with Gasteiger partial charge in [-0.25, -0.2) is 16.8 Å². The quantitative estimate of drug-likeness (QED) is 0.746. The summed E-state index contributed by atoms with van der Waals surface area (Å²) in [5, 5.41) is 0. The molecular weight excluding hydrogens is 322 g/mol. The molecule has 1 aromatic carbocycles. The van der Waals surface area contributed by atoms with E-state index in [-0.39, 0.29) is 15.8 Å². The number of nitrogens with zero attached hydrogens (tertiary/aromatic N) is 1. The third-order valence-corrected chi connectivity index (χ3v) is 6.14. The largest absolute Gasteiger partial charge is 0.261 e. The fraction of sp³-hybridized carbons (Fsp3) is 0.500. The monoisotopic (exact) mass is 339 g/mol.